The predicted octanol–water partition coefficient (Wildman–Crippen LogP) is 4.02. The summed E-state index contributed by atoms with van der Waals surface area (Å²) in [4.78, 5) is 0. The minimum atomic E-state index is -0.120. The quantitative estimate of drug-likeness (QED) is 0.771. The molecular weight excluding hydrogens is 177 g/mol. The topological polar surface area (TPSA) is 12.0 Å². The van der Waals surface area contributed by atoms with E-state index >= 15 is 0 Å². The Morgan fingerprint density at radius 2 is 1.86 bits per heavy atom. The van der Waals surface area contributed by atoms with Gasteiger partial charge in [-0.05, 0) is 37.5 Å². The first kappa shape index (κ1) is 11.0. The summed E-state index contributed by atoms with van der Waals surface area (Å²) in [5.74, 6) is 0.119. The minimum absolute atomic E-state index is 0. The molecule has 0 saturated carbocycles. The Labute approximate surface area is 86.8 Å². The third-order valence-corrected chi connectivity index (χ3v) is 2.08. The SMILES string of the molecule is CC(C)Nc1ccc(C(C)C)c(F)c1.[HH]. The molecule has 0 aliphatic rings. The highest BCUT2D eigenvalue weighted by Crippen LogP contribution is 2.21. The van der Waals surface area contributed by atoms with Crippen molar-refractivity contribution in [3.8, 4) is 0 Å². The molecule has 0 spiro atoms. The molecule has 0 unspecified atom stereocenters. The molecule has 0 amide bonds. The van der Waals surface area contributed by atoms with Gasteiger partial charge < -0.3 is 5.32 Å². The van der Waals surface area contributed by atoms with Crippen LogP contribution in [0.15, 0.2) is 18.2 Å². The summed E-state index contributed by atoms with van der Waals surface area (Å²) in [7, 11) is 0. The third kappa shape index (κ3) is 2.72. The number of halogens is 1. The van der Waals surface area contributed by atoms with Gasteiger partial charge in [0, 0.05) is 13.2 Å². The van der Waals surface area contributed by atoms with Crippen molar-refractivity contribution < 1.29 is 5.82 Å². The summed E-state index contributed by atoms with van der Waals surface area (Å²) in [6, 6.07) is 5.68. The van der Waals surface area contributed by atoms with Gasteiger partial charge in [0.05, 0.1) is 0 Å². The lowest BCUT2D eigenvalue weighted by Crippen LogP contribution is -2.10. The molecule has 2 heteroatoms. The predicted molar refractivity (Wildman–Crippen MR) is 61.4 cm³/mol. The maximum absolute atomic E-state index is 13.5. The fraction of sp³-hybridized carbons (Fsp3) is 0.500. The highest BCUT2D eigenvalue weighted by atomic mass is 19.1. The summed E-state index contributed by atoms with van der Waals surface area (Å²) in [5, 5.41) is 3.17. The van der Waals surface area contributed by atoms with Gasteiger partial charge in [-0.25, -0.2) is 4.39 Å². The van der Waals surface area contributed by atoms with Gasteiger partial charge in [-0.15, -0.1) is 0 Å². The molecule has 1 nitrogen and oxygen atoms in total. The van der Waals surface area contributed by atoms with E-state index in [0.717, 1.165) is 11.3 Å². The van der Waals surface area contributed by atoms with Crippen molar-refractivity contribution in [1.29, 1.82) is 0 Å². The molecule has 0 aromatic heterocycles. The average molecular weight is 197 g/mol. The summed E-state index contributed by atoms with van der Waals surface area (Å²) in [6.07, 6.45) is 0. The fourth-order valence-corrected chi connectivity index (χ4v) is 1.42. The second kappa shape index (κ2) is 4.45. The van der Waals surface area contributed by atoms with E-state index in [1.807, 2.05) is 39.8 Å². The van der Waals surface area contributed by atoms with Gasteiger partial charge in [-0.2, -0.15) is 0 Å². The number of anilines is 1. The third-order valence-electron chi connectivity index (χ3n) is 2.08. The van der Waals surface area contributed by atoms with Crippen LogP contribution in [0.2, 0.25) is 0 Å². The molecule has 1 aromatic carbocycles. The summed E-state index contributed by atoms with van der Waals surface area (Å²) in [5.41, 5.74) is 1.63. The van der Waals surface area contributed by atoms with Crippen molar-refractivity contribution in [1.82, 2.24) is 0 Å². The first-order valence-corrected chi connectivity index (χ1v) is 5.06. The van der Waals surface area contributed by atoms with Crippen molar-refractivity contribution in [2.45, 2.75) is 39.7 Å². The molecule has 14 heavy (non-hydrogen) atoms. The monoisotopic (exact) mass is 197 g/mol. The van der Waals surface area contributed by atoms with E-state index in [4.69, 9.17) is 0 Å². The van der Waals surface area contributed by atoms with Crippen LogP contribution in [0.1, 0.15) is 40.6 Å². The van der Waals surface area contributed by atoms with Crippen molar-refractivity contribution in [3.63, 3.8) is 0 Å². The van der Waals surface area contributed by atoms with Gasteiger partial charge in [-0.1, -0.05) is 19.9 Å². The van der Waals surface area contributed by atoms with Crippen LogP contribution in [-0.2, 0) is 0 Å². The maximum atomic E-state index is 13.5. The lowest BCUT2D eigenvalue weighted by Gasteiger charge is -2.12. The molecule has 0 heterocycles. The van der Waals surface area contributed by atoms with E-state index in [0.29, 0.717) is 6.04 Å². The van der Waals surface area contributed by atoms with Crippen LogP contribution < -0.4 is 5.32 Å². The molecule has 0 fully saturated rings. The van der Waals surface area contributed by atoms with Crippen molar-refractivity contribution in [2.24, 2.45) is 0 Å². The van der Waals surface area contributed by atoms with E-state index in [9.17, 15) is 4.39 Å². The number of benzene rings is 1. The van der Waals surface area contributed by atoms with E-state index in [-0.39, 0.29) is 13.2 Å². The summed E-state index contributed by atoms with van der Waals surface area (Å²) >= 11 is 0. The standard InChI is InChI=1S/C12H18FN.H2/c1-8(2)11-6-5-10(7-12(11)13)14-9(3)4;/h5-9,14H,1-4H3;1H. The molecule has 0 aliphatic heterocycles. The van der Waals surface area contributed by atoms with E-state index in [1.54, 1.807) is 6.07 Å². The maximum Gasteiger partial charge on any atom is 0.128 e. The molecular formula is C12H20FN. The van der Waals surface area contributed by atoms with Crippen LogP contribution >= 0.6 is 0 Å². The van der Waals surface area contributed by atoms with Crippen LogP contribution in [-0.4, -0.2) is 6.04 Å². The smallest absolute Gasteiger partial charge is 0.128 e. The Morgan fingerprint density at radius 3 is 2.29 bits per heavy atom. The fourth-order valence-electron chi connectivity index (χ4n) is 1.42. The minimum Gasteiger partial charge on any atom is -0.383 e. The first-order valence-electron chi connectivity index (χ1n) is 5.06. The van der Waals surface area contributed by atoms with E-state index in [1.165, 1.54) is 0 Å². The lowest BCUT2D eigenvalue weighted by molar-refractivity contribution is 0.598. The van der Waals surface area contributed by atoms with Crippen LogP contribution in [0.3, 0.4) is 0 Å². The zero-order valence-electron chi connectivity index (χ0n) is 9.26. The largest absolute Gasteiger partial charge is 0.383 e. The second-order valence-electron chi connectivity index (χ2n) is 4.19. The van der Waals surface area contributed by atoms with Gasteiger partial charge in [0.2, 0.25) is 0 Å². The van der Waals surface area contributed by atoms with Gasteiger partial charge >= 0.3 is 0 Å². The number of rotatable bonds is 3. The molecule has 1 rings (SSSR count). The molecule has 1 N–H and O–H groups in total. The average Bonchev–Trinajstić information content (AvgIpc) is 2.01. The van der Waals surface area contributed by atoms with Crippen LogP contribution in [0, 0.1) is 5.82 Å². The molecule has 80 valence electrons. The summed E-state index contributed by atoms with van der Waals surface area (Å²) in [6.45, 7) is 8.06. The van der Waals surface area contributed by atoms with Crippen molar-refractivity contribution >= 4 is 5.69 Å². The zero-order chi connectivity index (χ0) is 10.7. The van der Waals surface area contributed by atoms with Crippen LogP contribution in [0.4, 0.5) is 10.1 Å². The van der Waals surface area contributed by atoms with Crippen LogP contribution in [0.25, 0.3) is 0 Å². The van der Waals surface area contributed by atoms with Crippen molar-refractivity contribution in [3.05, 3.63) is 29.6 Å². The van der Waals surface area contributed by atoms with E-state index < -0.39 is 0 Å². The molecule has 0 atom stereocenters. The van der Waals surface area contributed by atoms with Gasteiger partial charge in [0.25, 0.3) is 0 Å². The lowest BCUT2D eigenvalue weighted by atomic mass is 10.0. The highest BCUT2D eigenvalue weighted by molar-refractivity contribution is 5.46. The molecule has 0 saturated heterocycles. The molecule has 1 aromatic rings. The van der Waals surface area contributed by atoms with E-state index in [2.05, 4.69) is 5.32 Å². The normalized spacial score (nSPS) is 11.1. The number of hydrogen-bond donors (Lipinski definition) is 1. The molecule has 0 aliphatic carbocycles. The van der Waals surface area contributed by atoms with Gasteiger partial charge in [0.1, 0.15) is 5.82 Å². The van der Waals surface area contributed by atoms with Crippen LogP contribution in [0.5, 0.6) is 0 Å². The summed E-state index contributed by atoms with van der Waals surface area (Å²) < 4.78 is 13.5. The second-order valence-corrected chi connectivity index (χ2v) is 4.19. The van der Waals surface area contributed by atoms with Gasteiger partial charge in [0.15, 0.2) is 0 Å². The molecule has 0 bridgehead atoms. The Balaban J connectivity index is 0.00000196. The van der Waals surface area contributed by atoms with Gasteiger partial charge in [-0.3, -0.25) is 0 Å². The zero-order valence-corrected chi connectivity index (χ0v) is 9.26. The number of nitrogens with one attached hydrogen (secondary N) is 1. The molecule has 0 radical (unpaired) electrons. The highest BCUT2D eigenvalue weighted by Gasteiger charge is 2.07. The Hall–Kier alpha value is -1.05. The first-order chi connectivity index (χ1) is 6.50. The Kier molecular flexibility index (Phi) is 3.50. The Bertz CT molecular complexity index is 310. The Morgan fingerprint density at radius 1 is 1.21 bits per heavy atom. The van der Waals surface area contributed by atoms with Crippen molar-refractivity contribution in [2.75, 3.05) is 5.32 Å². The number of hydrogen-bond acceptors (Lipinski definition) is 1.